The monoisotopic (exact) mass is 273 g/mol. The normalized spacial score (nSPS) is 17.2. The SMILES string of the molecule is CC(=O)Oc1c(CC2CO2)cc2ccc(=O)[nH]c2c1C. The fraction of sp³-hybridized carbons (Fsp3) is 0.333. The number of nitrogens with one attached hydrogen (secondary N) is 1. The lowest BCUT2D eigenvalue weighted by molar-refractivity contribution is -0.131. The summed E-state index contributed by atoms with van der Waals surface area (Å²) in [6.45, 7) is 3.95. The third-order valence-electron chi connectivity index (χ3n) is 3.38. The number of hydrogen-bond donors (Lipinski definition) is 1. The smallest absolute Gasteiger partial charge is 0.308 e. The molecule has 1 aliphatic rings. The molecular weight excluding hydrogens is 258 g/mol. The average Bonchev–Trinajstić information content (AvgIpc) is 3.19. The lowest BCUT2D eigenvalue weighted by Gasteiger charge is -2.14. The van der Waals surface area contributed by atoms with Crippen molar-refractivity contribution in [3.05, 3.63) is 39.7 Å². The minimum absolute atomic E-state index is 0.173. The number of aromatic amines is 1. The van der Waals surface area contributed by atoms with Crippen molar-refractivity contribution in [1.82, 2.24) is 4.98 Å². The number of fused-ring (bicyclic) bond motifs is 1. The van der Waals surface area contributed by atoms with Gasteiger partial charge in [-0.1, -0.05) is 0 Å². The second kappa shape index (κ2) is 4.76. The summed E-state index contributed by atoms with van der Waals surface area (Å²) in [6.07, 6.45) is 0.905. The summed E-state index contributed by atoms with van der Waals surface area (Å²) >= 11 is 0. The summed E-state index contributed by atoms with van der Waals surface area (Å²) in [5.41, 5.74) is 2.23. The van der Waals surface area contributed by atoms with Crippen LogP contribution in [0, 0.1) is 6.92 Å². The molecule has 20 heavy (non-hydrogen) atoms. The largest absolute Gasteiger partial charge is 0.426 e. The number of esters is 1. The second-order valence-electron chi connectivity index (χ2n) is 5.03. The first-order valence-corrected chi connectivity index (χ1v) is 6.50. The van der Waals surface area contributed by atoms with Crippen molar-refractivity contribution in [2.45, 2.75) is 26.4 Å². The van der Waals surface area contributed by atoms with Crippen molar-refractivity contribution >= 4 is 16.9 Å². The number of benzene rings is 1. The lowest BCUT2D eigenvalue weighted by Crippen LogP contribution is -2.10. The third kappa shape index (κ3) is 2.44. The maximum atomic E-state index is 11.5. The van der Waals surface area contributed by atoms with E-state index in [2.05, 4.69) is 4.98 Å². The zero-order valence-corrected chi connectivity index (χ0v) is 11.4. The van der Waals surface area contributed by atoms with Gasteiger partial charge in [0.2, 0.25) is 5.56 Å². The van der Waals surface area contributed by atoms with Crippen molar-refractivity contribution < 1.29 is 14.3 Å². The second-order valence-corrected chi connectivity index (χ2v) is 5.03. The van der Waals surface area contributed by atoms with E-state index in [-0.39, 0.29) is 17.6 Å². The molecule has 104 valence electrons. The highest BCUT2D eigenvalue weighted by atomic mass is 16.6. The number of rotatable bonds is 3. The van der Waals surface area contributed by atoms with Crippen LogP contribution in [0.3, 0.4) is 0 Å². The number of epoxide rings is 1. The molecule has 2 heterocycles. The van der Waals surface area contributed by atoms with Gasteiger partial charge in [-0.25, -0.2) is 0 Å². The van der Waals surface area contributed by atoms with E-state index in [0.717, 1.165) is 23.1 Å². The van der Waals surface area contributed by atoms with Crippen molar-refractivity contribution in [3.8, 4) is 5.75 Å². The van der Waals surface area contributed by atoms with Crippen molar-refractivity contribution in [3.63, 3.8) is 0 Å². The van der Waals surface area contributed by atoms with Crippen LogP contribution in [0.25, 0.3) is 10.9 Å². The molecule has 0 spiro atoms. The average molecular weight is 273 g/mol. The molecule has 5 nitrogen and oxygen atoms in total. The fourth-order valence-electron chi connectivity index (χ4n) is 2.39. The van der Waals surface area contributed by atoms with Gasteiger partial charge in [0.15, 0.2) is 0 Å². The summed E-state index contributed by atoms with van der Waals surface area (Å²) in [5, 5.41) is 0.925. The van der Waals surface area contributed by atoms with E-state index >= 15 is 0 Å². The molecule has 5 heteroatoms. The Morgan fingerprint density at radius 2 is 2.25 bits per heavy atom. The predicted octanol–water partition coefficient (Wildman–Crippen LogP) is 1.70. The Kier molecular flexibility index (Phi) is 3.06. The van der Waals surface area contributed by atoms with Gasteiger partial charge < -0.3 is 14.5 Å². The van der Waals surface area contributed by atoms with Crippen LogP contribution in [-0.4, -0.2) is 23.7 Å². The highest BCUT2D eigenvalue weighted by molar-refractivity contribution is 5.86. The number of hydrogen-bond acceptors (Lipinski definition) is 4. The zero-order valence-electron chi connectivity index (χ0n) is 11.4. The molecule has 0 aliphatic carbocycles. The van der Waals surface area contributed by atoms with Gasteiger partial charge in [0.1, 0.15) is 5.75 Å². The maximum absolute atomic E-state index is 11.5. The molecule has 1 saturated heterocycles. The number of pyridine rings is 1. The molecule has 1 atom stereocenters. The number of carbonyl (C=O) groups excluding carboxylic acids is 1. The molecule has 1 aromatic heterocycles. The van der Waals surface area contributed by atoms with E-state index in [1.807, 2.05) is 13.0 Å². The van der Waals surface area contributed by atoms with Crippen molar-refractivity contribution in [1.29, 1.82) is 0 Å². The Balaban J connectivity index is 2.20. The van der Waals surface area contributed by atoms with Gasteiger partial charge in [0.25, 0.3) is 0 Å². The summed E-state index contributed by atoms with van der Waals surface area (Å²) in [5.74, 6) is 0.158. The molecule has 1 unspecified atom stereocenters. The van der Waals surface area contributed by atoms with Gasteiger partial charge in [-0.15, -0.1) is 0 Å². The highest BCUT2D eigenvalue weighted by Gasteiger charge is 2.26. The van der Waals surface area contributed by atoms with Gasteiger partial charge >= 0.3 is 5.97 Å². The lowest BCUT2D eigenvalue weighted by atomic mass is 10.0. The van der Waals surface area contributed by atoms with Gasteiger partial charge in [-0.2, -0.15) is 0 Å². The first-order valence-electron chi connectivity index (χ1n) is 6.50. The van der Waals surface area contributed by atoms with E-state index in [1.165, 1.54) is 13.0 Å². The molecule has 1 fully saturated rings. The van der Waals surface area contributed by atoms with Gasteiger partial charge in [0, 0.05) is 25.0 Å². The number of carbonyl (C=O) groups is 1. The van der Waals surface area contributed by atoms with Gasteiger partial charge in [-0.3, -0.25) is 9.59 Å². The maximum Gasteiger partial charge on any atom is 0.308 e. The van der Waals surface area contributed by atoms with E-state index < -0.39 is 0 Å². The molecule has 2 aromatic rings. The van der Waals surface area contributed by atoms with Crippen LogP contribution in [0.15, 0.2) is 23.0 Å². The molecule has 1 N–H and O–H groups in total. The summed E-state index contributed by atoms with van der Waals surface area (Å²) in [4.78, 5) is 25.5. The number of aromatic nitrogens is 1. The van der Waals surface area contributed by atoms with Gasteiger partial charge in [0.05, 0.1) is 18.2 Å². The summed E-state index contributed by atoms with van der Waals surface area (Å²) in [7, 11) is 0. The molecule has 3 rings (SSSR count). The van der Waals surface area contributed by atoms with Crippen LogP contribution in [0.2, 0.25) is 0 Å². The van der Waals surface area contributed by atoms with Crippen molar-refractivity contribution in [2.24, 2.45) is 0 Å². The summed E-state index contributed by atoms with van der Waals surface area (Å²) in [6, 6.07) is 5.21. The Hall–Kier alpha value is -2.14. The first-order chi connectivity index (χ1) is 9.54. The van der Waals surface area contributed by atoms with E-state index in [9.17, 15) is 9.59 Å². The van der Waals surface area contributed by atoms with Crippen LogP contribution < -0.4 is 10.3 Å². The fourth-order valence-corrected chi connectivity index (χ4v) is 2.39. The first kappa shape index (κ1) is 12.9. The summed E-state index contributed by atoms with van der Waals surface area (Å²) < 4.78 is 10.6. The predicted molar refractivity (Wildman–Crippen MR) is 74.1 cm³/mol. The molecular formula is C15H15NO4. The van der Waals surface area contributed by atoms with E-state index in [1.54, 1.807) is 6.07 Å². The number of ether oxygens (including phenoxy) is 2. The minimum Gasteiger partial charge on any atom is -0.426 e. The number of aryl methyl sites for hydroxylation is 1. The molecule has 0 bridgehead atoms. The Bertz CT molecular complexity index is 743. The van der Waals surface area contributed by atoms with E-state index in [0.29, 0.717) is 17.7 Å². The topological polar surface area (TPSA) is 71.7 Å². The Morgan fingerprint density at radius 1 is 1.50 bits per heavy atom. The standard InChI is InChI=1S/C15H15NO4/c1-8-14-10(3-4-13(18)16-14)5-11(6-12-7-19-12)15(8)20-9(2)17/h3-5,12H,6-7H2,1-2H3,(H,16,18). The molecule has 0 saturated carbocycles. The van der Waals surface area contributed by atoms with Crippen LogP contribution in [-0.2, 0) is 16.0 Å². The van der Waals surface area contributed by atoms with Crippen LogP contribution in [0.1, 0.15) is 18.1 Å². The molecule has 1 aliphatic heterocycles. The Morgan fingerprint density at radius 3 is 2.90 bits per heavy atom. The highest BCUT2D eigenvalue weighted by Crippen LogP contribution is 2.33. The minimum atomic E-state index is -0.372. The van der Waals surface area contributed by atoms with Gasteiger partial charge in [-0.05, 0) is 30.0 Å². The number of H-pyrrole nitrogens is 1. The van der Waals surface area contributed by atoms with E-state index in [4.69, 9.17) is 9.47 Å². The molecule has 0 radical (unpaired) electrons. The van der Waals surface area contributed by atoms with Crippen LogP contribution in [0.4, 0.5) is 0 Å². The zero-order chi connectivity index (χ0) is 14.3. The van der Waals surface area contributed by atoms with Crippen LogP contribution >= 0.6 is 0 Å². The molecule has 1 aromatic carbocycles. The third-order valence-corrected chi connectivity index (χ3v) is 3.38. The van der Waals surface area contributed by atoms with Crippen LogP contribution in [0.5, 0.6) is 5.75 Å². The molecule has 0 amide bonds. The quantitative estimate of drug-likeness (QED) is 0.525. The Labute approximate surface area is 115 Å². The van der Waals surface area contributed by atoms with Crippen molar-refractivity contribution in [2.75, 3.05) is 6.61 Å².